The van der Waals surface area contributed by atoms with E-state index in [-0.39, 0.29) is 0 Å². The molecule has 1 aliphatic carbocycles. The van der Waals surface area contributed by atoms with Gasteiger partial charge in [-0.25, -0.2) is 0 Å². The number of nitrogens with one attached hydrogen (secondary N) is 1. The van der Waals surface area contributed by atoms with Crippen LogP contribution in [-0.2, 0) is 6.54 Å². The molecule has 15 heavy (non-hydrogen) atoms. The molecule has 0 spiro atoms. The predicted octanol–water partition coefficient (Wildman–Crippen LogP) is 3.57. The smallest absolute Gasteiger partial charge is 0.169 e. The molecule has 1 aromatic heterocycles. The molecule has 1 N–H and O–H groups in total. The van der Waals surface area contributed by atoms with Crippen LogP contribution in [0.1, 0.15) is 33.5 Å². The summed E-state index contributed by atoms with van der Waals surface area (Å²) in [7, 11) is 0. The third-order valence-corrected chi connectivity index (χ3v) is 4.56. The minimum atomic E-state index is 0.386. The molecule has 0 aromatic carbocycles. The summed E-state index contributed by atoms with van der Waals surface area (Å²) in [5, 5.41) is 3.55. The van der Waals surface area contributed by atoms with Gasteiger partial charge in [-0.1, -0.05) is 27.7 Å². The molecule has 0 bridgehead atoms. The second kappa shape index (κ2) is 3.36. The van der Waals surface area contributed by atoms with Gasteiger partial charge in [-0.3, -0.25) is 0 Å². The van der Waals surface area contributed by atoms with Crippen LogP contribution in [0.3, 0.4) is 0 Å². The topological polar surface area (TPSA) is 25.2 Å². The number of furan rings is 1. The Morgan fingerprint density at radius 1 is 1.27 bits per heavy atom. The summed E-state index contributed by atoms with van der Waals surface area (Å²) in [5.74, 6) is 0.986. The molecule has 0 unspecified atom stereocenters. The van der Waals surface area contributed by atoms with E-state index < -0.39 is 0 Å². The van der Waals surface area contributed by atoms with E-state index in [0.29, 0.717) is 16.9 Å². The largest absolute Gasteiger partial charge is 0.453 e. The molecule has 1 heterocycles. The summed E-state index contributed by atoms with van der Waals surface area (Å²) in [5.41, 5.74) is 0.771. The molecular formula is C12H18BrNO. The molecular weight excluding hydrogens is 254 g/mol. The van der Waals surface area contributed by atoms with Crippen LogP contribution in [0.15, 0.2) is 21.2 Å². The third-order valence-electron chi connectivity index (χ3n) is 4.13. The van der Waals surface area contributed by atoms with Crippen LogP contribution in [-0.4, -0.2) is 6.04 Å². The van der Waals surface area contributed by atoms with Crippen LogP contribution in [0.5, 0.6) is 0 Å². The van der Waals surface area contributed by atoms with Crippen LogP contribution in [0.25, 0.3) is 0 Å². The SMILES string of the molecule is CC1(C)C(NCc2ccc(Br)o2)C1(C)C. The molecule has 0 amide bonds. The van der Waals surface area contributed by atoms with Gasteiger partial charge < -0.3 is 9.73 Å². The first kappa shape index (κ1) is 11.2. The molecule has 0 aliphatic heterocycles. The van der Waals surface area contributed by atoms with E-state index in [0.717, 1.165) is 17.0 Å². The molecule has 1 saturated carbocycles. The molecule has 1 aliphatic rings. The highest BCUT2D eigenvalue weighted by molar-refractivity contribution is 9.10. The monoisotopic (exact) mass is 271 g/mol. The van der Waals surface area contributed by atoms with Crippen LogP contribution in [0, 0.1) is 10.8 Å². The lowest BCUT2D eigenvalue weighted by molar-refractivity contribution is 0.449. The standard InChI is InChI=1S/C12H18BrNO/c1-11(2)10(12(11,3)4)14-7-8-5-6-9(13)15-8/h5-6,10,14H,7H2,1-4H3. The molecule has 0 saturated heterocycles. The minimum absolute atomic E-state index is 0.386. The van der Waals surface area contributed by atoms with Crippen LogP contribution >= 0.6 is 15.9 Å². The first-order valence-corrected chi connectivity index (χ1v) is 6.12. The quantitative estimate of drug-likeness (QED) is 0.910. The van der Waals surface area contributed by atoms with Gasteiger partial charge in [0.15, 0.2) is 4.67 Å². The van der Waals surface area contributed by atoms with Gasteiger partial charge in [0, 0.05) is 6.04 Å². The lowest BCUT2D eigenvalue weighted by Crippen LogP contribution is -2.21. The second-order valence-electron chi connectivity index (χ2n) is 5.46. The Labute approximate surface area is 99.6 Å². The predicted molar refractivity (Wildman–Crippen MR) is 64.6 cm³/mol. The van der Waals surface area contributed by atoms with Crippen molar-refractivity contribution in [1.82, 2.24) is 5.32 Å². The van der Waals surface area contributed by atoms with E-state index in [9.17, 15) is 0 Å². The average Bonchev–Trinajstić information content (AvgIpc) is 2.50. The van der Waals surface area contributed by atoms with E-state index in [1.54, 1.807) is 0 Å². The van der Waals surface area contributed by atoms with Gasteiger partial charge in [0.1, 0.15) is 5.76 Å². The second-order valence-corrected chi connectivity index (χ2v) is 6.24. The Balaban J connectivity index is 1.91. The van der Waals surface area contributed by atoms with Crippen molar-refractivity contribution in [3.63, 3.8) is 0 Å². The fraction of sp³-hybridized carbons (Fsp3) is 0.667. The number of hydrogen-bond acceptors (Lipinski definition) is 2. The van der Waals surface area contributed by atoms with E-state index in [2.05, 4.69) is 48.9 Å². The first-order chi connectivity index (χ1) is 6.85. The Bertz CT molecular complexity index is 353. The third kappa shape index (κ3) is 1.76. The van der Waals surface area contributed by atoms with Crippen molar-refractivity contribution in [2.45, 2.75) is 40.3 Å². The zero-order valence-corrected chi connectivity index (χ0v) is 11.3. The zero-order valence-electron chi connectivity index (χ0n) is 9.73. The summed E-state index contributed by atoms with van der Waals surface area (Å²) in [6, 6.07) is 4.51. The lowest BCUT2D eigenvalue weighted by Gasteiger charge is -2.03. The van der Waals surface area contributed by atoms with Crippen molar-refractivity contribution in [3.8, 4) is 0 Å². The van der Waals surface area contributed by atoms with Gasteiger partial charge in [-0.15, -0.1) is 0 Å². The number of hydrogen-bond donors (Lipinski definition) is 1. The molecule has 3 heteroatoms. The van der Waals surface area contributed by atoms with Crippen molar-refractivity contribution in [2.24, 2.45) is 10.8 Å². The zero-order chi connectivity index (χ0) is 11.3. The molecule has 2 rings (SSSR count). The normalized spacial score (nSPS) is 23.0. The first-order valence-electron chi connectivity index (χ1n) is 5.33. The summed E-state index contributed by atoms with van der Waals surface area (Å²) in [6.45, 7) is 10.0. The van der Waals surface area contributed by atoms with Crippen molar-refractivity contribution in [3.05, 3.63) is 22.6 Å². The molecule has 0 radical (unpaired) electrons. The summed E-state index contributed by atoms with van der Waals surface area (Å²) >= 11 is 3.31. The van der Waals surface area contributed by atoms with E-state index in [4.69, 9.17) is 4.42 Å². The van der Waals surface area contributed by atoms with Crippen LogP contribution < -0.4 is 5.32 Å². The summed E-state index contributed by atoms with van der Waals surface area (Å²) in [4.78, 5) is 0. The van der Waals surface area contributed by atoms with Crippen molar-refractivity contribution >= 4 is 15.9 Å². The minimum Gasteiger partial charge on any atom is -0.453 e. The van der Waals surface area contributed by atoms with E-state index >= 15 is 0 Å². The van der Waals surface area contributed by atoms with E-state index in [1.165, 1.54) is 0 Å². The van der Waals surface area contributed by atoms with Crippen molar-refractivity contribution < 1.29 is 4.42 Å². The highest BCUT2D eigenvalue weighted by Crippen LogP contribution is 2.62. The fourth-order valence-electron chi connectivity index (χ4n) is 2.36. The molecule has 84 valence electrons. The van der Waals surface area contributed by atoms with Gasteiger partial charge in [0.05, 0.1) is 6.54 Å². The van der Waals surface area contributed by atoms with Gasteiger partial charge in [0.2, 0.25) is 0 Å². The van der Waals surface area contributed by atoms with Gasteiger partial charge >= 0.3 is 0 Å². The Kier molecular flexibility index (Phi) is 2.51. The average molecular weight is 272 g/mol. The van der Waals surface area contributed by atoms with Gasteiger partial charge in [-0.05, 0) is 38.9 Å². The fourth-order valence-corrected chi connectivity index (χ4v) is 2.70. The lowest BCUT2D eigenvalue weighted by atomic mass is 10.0. The molecule has 0 atom stereocenters. The Morgan fingerprint density at radius 3 is 2.27 bits per heavy atom. The molecule has 2 nitrogen and oxygen atoms in total. The maximum absolute atomic E-state index is 5.45. The number of rotatable bonds is 3. The van der Waals surface area contributed by atoms with Crippen LogP contribution in [0.4, 0.5) is 0 Å². The maximum atomic E-state index is 5.45. The van der Waals surface area contributed by atoms with Crippen molar-refractivity contribution in [2.75, 3.05) is 0 Å². The molecule has 1 fully saturated rings. The highest BCUT2D eigenvalue weighted by Gasteiger charge is 2.64. The van der Waals surface area contributed by atoms with Gasteiger partial charge in [-0.2, -0.15) is 0 Å². The Morgan fingerprint density at radius 2 is 1.87 bits per heavy atom. The summed E-state index contributed by atoms with van der Waals surface area (Å²) < 4.78 is 6.25. The van der Waals surface area contributed by atoms with Gasteiger partial charge in [0.25, 0.3) is 0 Å². The van der Waals surface area contributed by atoms with Crippen LogP contribution in [0.2, 0.25) is 0 Å². The van der Waals surface area contributed by atoms with Crippen molar-refractivity contribution in [1.29, 1.82) is 0 Å². The number of halogens is 1. The molecule has 1 aromatic rings. The maximum Gasteiger partial charge on any atom is 0.169 e. The van der Waals surface area contributed by atoms with E-state index in [1.807, 2.05) is 12.1 Å². The summed E-state index contributed by atoms with van der Waals surface area (Å²) in [6.07, 6.45) is 0. The highest BCUT2D eigenvalue weighted by atomic mass is 79.9. The Hall–Kier alpha value is -0.280.